The third-order valence-electron chi connectivity index (χ3n) is 6.17. The maximum atomic E-state index is 13.0. The number of anilines is 1. The first kappa shape index (κ1) is 25.7. The number of hydrogen-bond donors (Lipinski definition) is 3. The van der Waals surface area contributed by atoms with E-state index in [1.165, 1.54) is 12.1 Å². The zero-order valence-corrected chi connectivity index (χ0v) is 20.5. The van der Waals surface area contributed by atoms with Gasteiger partial charge in [0.1, 0.15) is 11.3 Å². The number of imidazole rings is 1. The van der Waals surface area contributed by atoms with Crippen molar-refractivity contribution < 1.29 is 23.1 Å². The molecule has 0 atom stereocenters. The molecular formula is C28H23F3N6O2. The van der Waals surface area contributed by atoms with Gasteiger partial charge in [0.05, 0.1) is 18.4 Å². The number of primary amides is 1. The molecule has 8 nitrogen and oxygen atoms in total. The molecule has 39 heavy (non-hydrogen) atoms. The summed E-state index contributed by atoms with van der Waals surface area (Å²) >= 11 is 0. The number of carbonyl (C=O) groups excluding carboxylic acids is 1. The van der Waals surface area contributed by atoms with Crippen molar-refractivity contribution in [1.29, 1.82) is 0 Å². The van der Waals surface area contributed by atoms with Crippen LogP contribution in [0.15, 0.2) is 79.1 Å². The number of amides is 1. The normalized spacial score (nSPS) is 11.6. The number of halogens is 3. The van der Waals surface area contributed by atoms with Crippen molar-refractivity contribution in [1.82, 2.24) is 19.5 Å². The van der Waals surface area contributed by atoms with Crippen molar-refractivity contribution in [2.75, 3.05) is 11.9 Å². The van der Waals surface area contributed by atoms with Crippen LogP contribution in [0.4, 0.5) is 19.0 Å². The zero-order valence-electron chi connectivity index (χ0n) is 20.5. The summed E-state index contributed by atoms with van der Waals surface area (Å²) in [4.78, 5) is 25.3. The van der Waals surface area contributed by atoms with Crippen LogP contribution in [0, 0.1) is 0 Å². The van der Waals surface area contributed by atoms with Crippen LogP contribution in [0.3, 0.4) is 0 Å². The van der Waals surface area contributed by atoms with Crippen LogP contribution < -0.4 is 11.1 Å². The van der Waals surface area contributed by atoms with Gasteiger partial charge in [-0.2, -0.15) is 13.2 Å². The molecule has 0 spiro atoms. The number of nitrogens with zero attached hydrogens (tertiary/aromatic N) is 4. The van der Waals surface area contributed by atoms with Crippen LogP contribution in [-0.4, -0.2) is 37.1 Å². The Bertz CT molecular complexity index is 1610. The number of nitrogens with one attached hydrogen (secondary N) is 1. The van der Waals surface area contributed by atoms with Gasteiger partial charge in [-0.05, 0) is 53.9 Å². The van der Waals surface area contributed by atoms with Gasteiger partial charge in [-0.3, -0.25) is 4.79 Å². The van der Waals surface area contributed by atoms with Crippen LogP contribution in [0.2, 0.25) is 0 Å². The standard InChI is InChI=1S/C28H23F3N6O2/c29-28(30,31)21-9-1-18(2-10-21)15-37-16-34-23-26(33-14-13-17-3-11-22(38)12-4-17)35-25(36-27(23)37)20-7-5-19(6-8-20)24(32)39/h1-12,16,38H,13-15H2,(H2,32,39)(H,33,35,36). The molecule has 5 aromatic rings. The lowest BCUT2D eigenvalue weighted by atomic mass is 10.1. The van der Waals surface area contributed by atoms with Crippen molar-refractivity contribution in [3.05, 3.63) is 101 Å². The number of aromatic nitrogens is 4. The summed E-state index contributed by atoms with van der Waals surface area (Å²) in [7, 11) is 0. The highest BCUT2D eigenvalue weighted by Crippen LogP contribution is 2.30. The van der Waals surface area contributed by atoms with Crippen LogP contribution >= 0.6 is 0 Å². The van der Waals surface area contributed by atoms with Crippen LogP contribution in [-0.2, 0) is 19.1 Å². The summed E-state index contributed by atoms with van der Waals surface area (Å²) in [5, 5.41) is 12.8. The smallest absolute Gasteiger partial charge is 0.416 e. The molecule has 11 heteroatoms. The SMILES string of the molecule is NC(=O)c1ccc(-c2nc(NCCc3ccc(O)cc3)c3ncn(Cc4ccc(C(F)(F)F)cc4)c3n2)cc1. The molecule has 0 saturated heterocycles. The van der Waals surface area contributed by atoms with E-state index < -0.39 is 17.6 Å². The molecule has 198 valence electrons. The van der Waals surface area contributed by atoms with Crippen LogP contribution in [0.25, 0.3) is 22.6 Å². The number of phenolic OH excluding ortho intramolecular Hbond substituents is 1. The maximum Gasteiger partial charge on any atom is 0.416 e. The molecule has 0 aliphatic rings. The number of alkyl halides is 3. The number of phenols is 1. The number of carbonyl (C=O) groups is 1. The minimum atomic E-state index is -4.41. The number of fused-ring (bicyclic) bond motifs is 1. The predicted molar refractivity (Wildman–Crippen MR) is 140 cm³/mol. The summed E-state index contributed by atoms with van der Waals surface area (Å²) in [6.45, 7) is 0.765. The minimum absolute atomic E-state index is 0.190. The number of benzene rings is 3. The lowest BCUT2D eigenvalue weighted by molar-refractivity contribution is -0.137. The van der Waals surface area contributed by atoms with Gasteiger partial charge in [0.2, 0.25) is 5.91 Å². The Labute approximate surface area is 221 Å². The topological polar surface area (TPSA) is 119 Å². The van der Waals surface area contributed by atoms with Gasteiger partial charge in [0, 0.05) is 17.7 Å². The van der Waals surface area contributed by atoms with E-state index in [2.05, 4.69) is 15.3 Å². The molecule has 0 fully saturated rings. The molecule has 3 aromatic carbocycles. The molecule has 5 rings (SSSR count). The molecule has 2 aromatic heterocycles. The molecule has 0 aliphatic heterocycles. The highest BCUT2D eigenvalue weighted by atomic mass is 19.4. The van der Waals surface area contributed by atoms with Crippen molar-refractivity contribution >= 4 is 22.9 Å². The summed E-state index contributed by atoms with van der Waals surface area (Å²) in [5.74, 6) is 0.498. The third-order valence-corrected chi connectivity index (χ3v) is 6.17. The first-order valence-electron chi connectivity index (χ1n) is 12.0. The molecule has 0 saturated carbocycles. The Morgan fingerprint density at radius 3 is 2.23 bits per heavy atom. The largest absolute Gasteiger partial charge is 0.508 e. The lowest BCUT2D eigenvalue weighted by Crippen LogP contribution is -2.11. The Morgan fingerprint density at radius 2 is 1.59 bits per heavy atom. The molecule has 2 heterocycles. The van der Waals surface area contributed by atoms with Crippen LogP contribution in [0.1, 0.15) is 27.0 Å². The van der Waals surface area contributed by atoms with E-state index in [-0.39, 0.29) is 12.3 Å². The molecular weight excluding hydrogens is 509 g/mol. The Hall–Kier alpha value is -4.93. The van der Waals surface area contributed by atoms with Crippen molar-refractivity contribution in [3.63, 3.8) is 0 Å². The summed E-state index contributed by atoms with van der Waals surface area (Å²) in [5.41, 5.74) is 8.29. The third kappa shape index (κ3) is 5.82. The van der Waals surface area contributed by atoms with Gasteiger partial charge >= 0.3 is 6.18 Å². The number of rotatable bonds is 8. The van der Waals surface area contributed by atoms with E-state index in [1.807, 2.05) is 12.1 Å². The molecule has 0 radical (unpaired) electrons. The van der Waals surface area contributed by atoms with Gasteiger partial charge in [0.15, 0.2) is 17.3 Å². The Balaban J connectivity index is 1.48. The van der Waals surface area contributed by atoms with Gasteiger partial charge in [-0.15, -0.1) is 0 Å². The average Bonchev–Trinajstić information content (AvgIpc) is 3.32. The Kier molecular flexibility index (Phi) is 6.88. The summed E-state index contributed by atoms with van der Waals surface area (Å²) in [6.07, 6.45) is -2.18. The molecule has 0 unspecified atom stereocenters. The molecule has 4 N–H and O–H groups in total. The quantitative estimate of drug-likeness (QED) is 0.258. The fraction of sp³-hybridized carbons (Fsp3) is 0.143. The summed E-state index contributed by atoms with van der Waals surface area (Å²) in [6, 6.07) is 18.4. The van der Waals surface area contributed by atoms with Gasteiger partial charge in [-0.25, -0.2) is 15.0 Å². The predicted octanol–water partition coefficient (Wildman–Crippen LogP) is 5.02. The van der Waals surface area contributed by atoms with E-state index in [4.69, 9.17) is 10.7 Å². The second kappa shape index (κ2) is 10.4. The molecule has 1 amide bonds. The maximum absolute atomic E-state index is 13.0. The van der Waals surface area contributed by atoms with E-state index in [9.17, 15) is 23.1 Å². The second-order valence-corrected chi connectivity index (χ2v) is 8.92. The van der Waals surface area contributed by atoms with E-state index >= 15 is 0 Å². The van der Waals surface area contributed by atoms with E-state index in [0.29, 0.717) is 52.5 Å². The van der Waals surface area contributed by atoms with Crippen molar-refractivity contribution in [2.45, 2.75) is 19.1 Å². The van der Waals surface area contributed by atoms with Gasteiger partial charge < -0.3 is 20.7 Å². The second-order valence-electron chi connectivity index (χ2n) is 8.92. The number of nitrogens with two attached hydrogens (primary N) is 1. The highest BCUT2D eigenvalue weighted by molar-refractivity contribution is 5.93. The van der Waals surface area contributed by atoms with Crippen molar-refractivity contribution in [3.8, 4) is 17.1 Å². The average molecular weight is 533 g/mol. The lowest BCUT2D eigenvalue weighted by Gasteiger charge is -2.11. The number of hydrogen-bond acceptors (Lipinski definition) is 6. The fourth-order valence-electron chi connectivity index (χ4n) is 4.08. The first-order valence-corrected chi connectivity index (χ1v) is 12.0. The zero-order chi connectivity index (χ0) is 27.6. The summed E-state index contributed by atoms with van der Waals surface area (Å²) < 4.78 is 40.7. The Morgan fingerprint density at radius 1 is 0.923 bits per heavy atom. The fourth-order valence-corrected chi connectivity index (χ4v) is 4.08. The number of aromatic hydroxyl groups is 1. The minimum Gasteiger partial charge on any atom is -0.508 e. The van der Waals surface area contributed by atoms with Gasteiger partial charge in [0.25, 0.3) is 0 Å². The highest BCUT2D eigenvalue weighted by Gasteiger charge is 2.30. The molecule has 0 aliphatic carbocycles. The van der Waals surface area contributed by atoms with Gasteiger partial charge in [-0.1, -0.05) is 36.4 Å². The molecule has 0 bridgehead atoms. The van der Waals surface area contributed by atoms with Crippen molar-refractivity contribution in [2.24, 2.45) is 5.73 Å². The van der Waals surface area contributed by atoms with Crippen LogP contribution in [0.5, 0.6) is 5.75 Å². The monoisotopic (exact) mass is 532 g/mol. The first-order chi connectivity index (χ1) is 18.7. The van der Waals surface area contributed by atoms with E-state index in [1.54, 1.807) is 47.3 Å². The van der Waals surface area contributed by atoms with E-state index in [0.717, 1.165) is 17.7 Å².